The van der Waals surface area contributed by atoms with Crippen molar-refractivity contribution in [1.29, 1.82) is 0 Å². The first kappa shape index (κ1) is 73.1. The van der Waals surface area contributed by atoms with Gasteiger partial charge < -0.3 is 45.1 Å². The summed E-state index contributed by atoms with van der Waals surface area (Å²) in [5, 5.41) is 57.0. The third kappa shape index (κ3) is 42.0. The molecule has 1 rings (SSSR count). The molecule has 11 nitrogen and oxygen atoms in total. The molecule has 8 atom stereocenters. The van der Waals surface area contributed by atoms with Gasteiger partial charge in [-0.1, -0.05) is 248 Å². The zero-order valence-electron chi connectivity index (χ0n) is 50.0. The lowest BCUT2D eigenvalue weighted by molar-refractivity contribution is -0.305. The molecule has 1 amide bonds. The molecule has 1 fully saturated rings. The second kappa shape index (κ2) is 54.7. The van der Waals surface area contributed by atoms with Gasteiger partial charge in [-0.3, -0.25) is 9.59 Å². The Labute approximate surface area is 477 Å². The smallest absolute Gasteiger partial charge is 0.306 e. The molecule has 78 heavy (non-hydrogen) atoms. The highest BCUT2D eigenvalue weighted by atomic mass is 16.7. The number of rotatable bonds is 54. The van der Waals surface area contributed by atoms with E-state index in [-0.39, 0.29) is 19.4 Å². The minimum absolute atomic E-state index is 0.1000. The Bertz CT molecular complexity index is 1540. The van der Waals surface area contributed by atoms with Crippen molar-refractivity contribution in [1.82, 2.24) is 5.32 Å². The summed E-state index contributed by atoms with van der Waals surface area (Å²) in [5.74, 6) is -1.22. The quantitative estimate of drug-likeness (QED) is 0.0195. The van der Waals surface area contributed by atoms with Crippen LogP contribution in [0.15, 0.2) is 72.9 Å². The van der Waals surface area contributed by atoms with Gasteiger partial charge in [0.25, 0.3) is 0 Å². The van der Waals surface area contributed by atoms with Crippen molar-refractivity contribution in [3.63, 3.8) is 0 Å². The predicted molar refractivity (Wildman–Crippen MR) is 324 cm³/mol. The zero-order chi connectivity index (χ0) is 56.8. The third-order valence-electron chi connectivity index (χ3n) is 14.8. The molecule has 0 spiro atoms. The van der Waals surface area contributed by atoms with E-state index in [1.54, 1.807) is 6.08 Å². The van der Waals surface area contributed by atoms with Crippen LogP contribution in [0.5, 0.6) is 0 Å². The van der Waals surface area contributed by atoms with Crippen LogP contribution in [-0.4, -0.2) is 99.6 Å². The van der Waals surface area contributed by atoms with Crippen molar-refractivity contribution in [2.45, 2.75) is 327 Å². The number of aliphatic hydroxyl groups excluding tert-OH is 5. The van der Waals surface area contributed by atoms with Crippen LogP contribution in [0.4, 0.5) is 0 Å². The van der Waals surface area contributed by atoms with E-state index in [1.807, 2.05) is 6.08 Å². The minimum atomic E-state index is -1.63. The highest BCUT2D eigenvalue weighted by Crippen LogP contribution is 2.26. The molecule has 0 aromatic rings. The number of aliphatic hydroxyl groups is 5. The molecule has 11 heteroatoms. The number of amides is 1. The van der Waals surface area contributed by atoms with Crippen molar-refractivity contribution in [2.75, 3.05) is 13.2 Å². The number of nitrogens with one attached hydrogen (secondary N) is 1. The number of allylic oxidation sites excluding steroid dienone is 11. The Kier molecular flexibility index (Phi) is 51.3. The average Bonchev–Trinajstić information content (AvgIpc) is 3.45. The van der Waals surface area contributed by atoms with Gasteiger partial charge >= 0.3 is 5.97 Å². The first-order valence-corrected chi connectivity index (χ1v) is 32.2. The summed E-state index contributed by atoms with van der Waals surface area (Å²) >= 11 is 0. The van der Waals surface area contributed by atoms with E-state index < -0.39 is 67.4 Å². The summed E-state index contributed by atoms with van der Waals surface area (Å²) in [6, 6.07) is -1.03. The molecule has 1 saturated heterocycles. The van der Waals surface area contributed by atoms with Crippen LogP contribution in [0.3, 0.4) is 0 Å². The van der Waals surface area contributed by atoms with Gasteiger partial charge in [-0.25, -0.2) is 0 Å². The minimum Gasteiger partial charge on any atom is -0.454 e. The van der Waals surface area contributed by atoms with Gasteiger partial charge in [0.15, 0.2) is 12.4 Å². The number of hydrogen-bond acceptors (Lipinski definition) is 10. The summed E-state index contributed by atoms with van der Waals surface area (Å²) in [6.07, 6.45) is 59.3. The van der Waals surface area contributed by atoms with Crippen LogP contribution in [0.2, 0.25) is 0 Å². The maximum absolute atomic E-state index is 13.4. The van der Waals surface area contributed by atoms with Gasteiger partial charge in [-0.15, -0.1) is 0 Å². The van der Waals surface area contributed by atoms with E-state index in [0.29, 0.717) is 12.8 Å². The van der Waals surface area contributed by atoms with Crippen molar-refractivity contribution < 1.29 is 49.3 Å². The van der Waals surface area contributed by atoms with E-state index >= 15 is 0 Å². The summed E-state index contributed by atoms with van der Waals surface area (Å²) in [4.78, 5) is 26.6. The van der Waals surface area contributed by atoms with Crippen LogP contribution in [-0.2, 0) is 23.8 Å². The van der Waals surface area contributed by atoms with E-state index in [4.69, 9.17) is 14.2 Å². The largest absolute Gasteiger partial charge is 0.454 e. The fraction of sp³-hybridized carbons (Fsp3) is 0.791. The van der Waals surface area contributed by atoms with Gasteiger partial charge in [0, 0.05) is 6.42 Å². The molecule has 0 saturated carbocycles. The Morgan fingerprint density at radius 2 is 0.885 bits per heavy atom. The molecule has 1 heterocycles. The molecule has 8 unspecified atom stereocenters. The van der Waals surface area contributed by atoms with Gasteiger partial charge in [-0.2, -0.15) is 0 Å². The van der Waals surface area contributed by atoms with Crippen molar-refractivity contribution in [3.05, 3.63) is 72.9 Å². The van der Waals surface area contributed by atoms with E-state index in [9.17, 15) is 35.1 Å². The summed E-state index contributed by atoms with van der Waals surface area (Å²) in [5.41, 5.74) is 0. The maximum atomic E-state index is 13.4. The predicted octanol–water partition coefficient (Wildman–Crippen LogP) is 15.6. The molecular weight excluding hydrogens is 979 g/mol. The molecule has 0 aliphatic carbocycles. The van der Waals surface area contributed by atoms with Crippen molar-refractivity contribution >= 4 is 11.9 Å². The van der Waals surface area contributed by atoms with Gasteiger partial charge in [0.05, 0.1) is 25.4 Å². The Hall–Kier alpha value is -2.90. The van der Waals surface area contributed by atoms with E-state index in [0.717, 1.165) is 103 Å². The molecule has 0 bridgehead atoms. The van der Waals surface area contributed by atoms with Crippen LogP contribution >= 0.6 is 0 Å². The molecule has 1 aliphatic rings. The lowest BCUT2D eigenvalue weighted by Crippen LogP contribution is -2.61. The molecule has 452 valence electrons. The van der Waals surface area contributed by atoms with E-state index in [1.165, 1.54) is 128 Å². The number of esters is 1. The Balaban J connectivity index is 2.67. The summed E-state index contributed by atoms with van der Waals surface area (Å²) in [7, 11) is 0. The maximum Gasteiger partial charge on any atom is 0.306 e. The van der Waals surface area contributed by atoms with Crippen LogP contribution in [0.25, 0.3) is 0 Å². The van der Waals surface area contributed by atoms with Crippen LogP contribution < -0.4 is 5.32 Å². The Morgan fingerprint density at radius 3 is 1.36 bits per heavy atom. The first-order chi connectivity index (χ1) is 38.2. The number of carbonyl (C=O) groups excluding carboxylic acids is 2. The Morgan fingerprint density at radius 1 is 0.500 bits per heavy atom. The average molecular weight is 1100 g/mol. The van der Waals surface area contributed by atoms with Gasteiger partial charge in [-0.05, 0) is 96.3 Å². The molecule has 6 N–H and O–H groups in total. The lowest BCUT2D eigenvalue weighted by atomic mass is 9.99. The van der Waals surface area contributed by atoms with E-state index in [2.05, 4.69) is 86.8 Å². The normalized spacial score (nSPS) is 19.4. The van der Waals surface area contributed by atoms with Gasteiger partial charge in [0.2, 0.25) is 5.91 Å². The third-order valence-corrected chi connectivity index (χ3v) is 14.8. The van der Waals surface area contributed by atoms with Crippen LogP contribution in [0.1, 0.15) is 278 Å². The van der Waals surface area contributed by atoms with Crippen molar-refractivity contribution in [3.8, 4) is 0 Å². The number of carbonyl (C=O) groups is 2. The summed E-state index contributed by atoms with van der Waals surface area (Å²) in [6.45, 7) is 5.75. The van der Waals surface area contributed by atoms with Crippen LogP contribution in [0, 0.1) is 0 Å². The summed E-state index contributed by atoms with van der Waals surface area (Å²) < 4.78 is 17.6. The molecular formula is C67H119NO10. The highest BCUT2D eigenvalue weighted by Gasteiger charge is 2.47. The topological polar surface area (TPSA) is 175 Å². The fourth-order valence-electron chi connectivity index (χ4n) is 9.69. The fourth-order valence-corrected chi connectivity index (χ4v) is 9.69. The molecule has 1 aliphatic heterocycles. The van der Waals surface area contributed by atoms with Gasteiger partial charge in [0.1, 0.15) is 24.4 Å². The number of unbranched alkanes of at least 4 members (excludes halogenated alkanes) is 30. The zero-order valence-corrected chi connectivity index (χ0v) is 50.0. The number of ether oxygens (including phenoxy) is 3. The second-order valence-corrected chi connectivity index (χ2v) is 22.1. The SMILES string of the molecule is CCCCC/C=C\C/C=C\C/C=C\C/C=C\CCCCCCCC(=O)OC1C(OCC(NC(=O)C(O)CCCCCCCC/C=C/CCCCCCCC)C(O)/C=C/CCCCCCCCCCCC)OC(CO)C(O)C1O. The standard InChI is InChI=1S/C67H119NO10/c1-4-7-10-13-16-19-22-25-27-29-30-31-32-33-35-37-40-43-46-49-52-55-62(72)78-65-64(74)63(73)61(56-69)77-67(65)76-57-58(59(70)53-50-47-44-41-38-24-21-18-15-12-9-6-3)68-66(75)60(71)54-51-48-45-42-39-36-34-28-26-23-20-17-14-11-8-5-2/h16,19,25-28,30-31,33,35,50,53,58-61,63-65,67,69-71,73-74H,4-15,17-18,20-24,29,32,34,36-49,51-52,54-57H2,1-3H3,(H,68,75)/b19-16-,27-25-,28-26+,31-30-,35-33-,53-50+. The highest BCUT2D eigenvalue weighted by molar-refractivity contribution is 5.80. The molecule has 0 radical (unpaired) electrons. The molecule has 0 aromatic carbocycles. The molecule has 0 aromatic heterocycles. The monoisotopic (exact) mass is 1100 g/mol. The number of hydrogen-bond donors (Lipinski definition) is 6. The van der Waals surface area contributed by atoms with Crippen molar-refractivity contribution in [2.24, 2.45) is 0 Å². The first-order valence-electron chi connectivity index (χ1n) is 32.2. The second-order valence-electron chi connectivity index (χ2n) is 22.1. The lowest BCUT2D eigenvalue weighted by Gasteiger charge is -2.41.